The lowest BCUT2D eigenvalue weighted by Crippen LogP contribution is -2.10. The summed E-state index contributed by atoms with van der Waals surface area (Å²) in [5.41, 5.74) is 11.8. The molecule has 2 aromatic rings. The molecular weight excluding hydrogens is 291 g/mol. The molecule has 5 nitrogen and oxygen atoms in total. The van der Waals surface area contributed by atoms with Crippen molar-refractivity contribution in [2.45, 2.75) is 6.42 Å². The number of primary amides is 1. The Kier molecular flexibility index (Phi) is 4.40. The van der Waals surface area contributed by atoms with E-state index in [-0.39, 0.29) is 21.9 Å². The second kappa shape index (κ2) is 6.24. The molecule has 0 aliphatic carbocycles. The first-order valence-electron chi connectivity index (χ1n) is 6.14. The van der Waals surface area contributed by atoms with E-state index in [9.17, 15) is 9.18 Å². The number of nitrogens with zero attached hydrogens (tertiary/aromatic N) is 1. The molecule has 1 aromatic heterocycles. The van der Waals surface area contributed by atoms with Crippen LogP contribution in [0.25, 0.3) is 0 Å². The number of anilines is 2. The smallest absolute Gasteiger partial charge is 0.261 e. The molecule has 0 aliphatic rings. The van der Waals surface area contributed by atoms with Crippen LogP contribution < -0.4 is 16.8 Å². The standard InChI is InChI=1S/C14H13FN4OS/c15-10-4-2-1-3-8(10)5-6-19-14-9(7-16)11(17)12(21-14)13(18)20/h1-4,19H,5-6,17H2,(H2,18,20). The van der Waals surface area contributed by atoms with Gasteiger partial charge in [-0.15, -0.1) is 11.3 Å². The highest BCUT2D eigenvalue weighted by atomic mass is 32.1. The Hall–Kier alpha value is -2.59. The number of hydrogen-bond acceptors (Lipinski definition) is 5. The van der Waals surface area contributed by atoms with Gasteiger partial charge in [-0.05, 0) is 18.1 Å². The van der Waals surface area contributed by atoms with Crippen molar-refractivity contribution >= 4 is 27.9 Å². The van der Waals surface area contributed by atoms with Gasteiger partial charge in [0.15, 0.2) is 0 Å². The van der Waals surface area contributed by atoms with E-state index in [4.69, 9.17) is 16.7 Å². The van der Waals surface area contributed by atoms with Gasteiger partial charge >= 0.3 is 0 Å². The van der Waals surface area contributed by atoms with Crippen molar-refractivity contribution in [2.75, 3.05) is 17.6 Å². The van der Waals surface area contributed by atoms with Crippen molar-refractivity contribution in [1.82, 2.24) is 0 Å². The minimum atomic E-state index is -0.670. The summed E-state index contributed by atoms with van der Waals surface area (Å²) in [5, 5.41) is 12.5. The number of nitriles is 1. The predicted molar refractivity (Wildman–Crippen MR) is 80.6 cm³/mol. The number of nitrogens with two attached hydrogens (primary N) is 2. The molecule has 0 unspecified atom stereocenters. The molecular formula is C14H13FN4OS. The summed E-state index contributed by atoms with van der Waals surface area (Å²) >= 11 is 1.03. The van der Waals surface area contributed by atoms with Crippen LogP contribution in [0.1, 0.15) is 20.8 Å². The minimum absolute atomic E-state index is 0.0865. The summed E-state index contributed by atoms with van der Waals surface area (Å²) in [6, 6.07) is 8.41. The molecule has 1 aromatic carbocycles. The van der Waals surface area contributed by atoms with Gasteiger partial charge in [-0.25, -0.2) is 4.39 Å². The van der Waals surface area contributed by atoms with E-state index in [0.29, 0.717) is 23.5 Å². The molecule has 0 aliphatic heterocycles. The van der Waals surface area contributed by atoms with Crippen LogP contribution in [0, 0.1) is 17.1 Å². The van der Waals surface area contributed by atoms with E-state index in [2.05, 4.69) is 5.32 Å². The summed E-state index contributed by atoms with van der Waals surface area (Å²) in [6.45, 7) is 0.410. The van der Waals surface area contributed by atoms with Gasteiger partial charge in [0.05, 0.1) is 5.69 Å². The number of nitrogens with one attached hydrogen (secondary N) is 1. The highest BCUT2D eigenvalue weighted by Crippen LogP contribution is 2.34. The Morgan fingerprint density at radius 1 is 1.43 bits per heavy atom. The number of carbonyl (C=O) groups excluding carboxylic acids is 1. The van der Waals surface area contributed by atoms with Crippen molar-refractivity contribution < 1.29 is 9.18 Å². The molecule has 1 heterocycles. The van der Waals surface area contributed by atoms with E-state index in [0.717, 1.165) is 11.3 Å². The van der Waals surface area contributed by atoms with Crippen molar-refractivity contribution in [3.63, 3.8) is 0 Å². The number of rotatable bonds is 5. The maximum atomic E-state index is 13.5. The monoisotopic (exact) mass is 304 g/mol. The second-order valence-corrected chi connectivity index (χ2v) is 5.31. The van der Waals surface area contributed by atoms with E-state index in [1.54, 1.807) is 18.2 Å². The number of thiophene rings is 1. The number of nitrogen functional groups attached to an aromatic ring is 1. The third kappa shape index (κ3) is 3.12. The summed E-state index contributed by atoms with van der Waals surface area (Å²) in [5.74, 6) is -0.945. The average molecular weight is 304 g/mol. The third-order valence-corrected chi connectivity index (χ3v) is 4.10. The molecule has 1 amide bonds. The Bertz CT molecular complexity index is 720. The van der Waals surface area contributed by atoms with Crippen LogP contribution in [0.2, 0.25) is 0 Å². The quantitative estimate of drug-likeness (QED) is 0.786. The van der Waals surface area contributed by atoms with Crippen LogP contribution in [0.5, 0.6) is 0 Å². The maximum Gasteiger partial charge on any atom is 0.261 e. The zero-order valence-corrected chi connectivity index (χ0v) is 11.8. The van der Waals surface area contributed by atoms with E-state index in [1.165, 1.54) is 6.07 Å². The SMILES string of the molecule is N#Cc1c(NCCc2ccccc2F)sc(C(N)=O)c1N. The highest BCUT2D eigenvalue weighted by molar-refractivity contribution is 7.18. The number of amides is 1. The fraction of sp³-hybridized carbons (Fsp3) is 0.143. The summed E-state index contributed by atoms with van der Waals surface area (Å²) < 4.78 is 13.5. The highest BCUT2D eigenvalue weighted by Gasteiger charge is 2.18. The number of halogens is 1. The van der Waals surface area contributed by atoms with Crippen molar-refractivity contribution in [3.8, 4) is 6.07 Å². The molecule has 0 spiro atoms. The molecule has 0 atom stereocenters. The van der Waals surface area contributed by atoms with Gasteiger partial charge in [0.2, 0.25) is 0 Å². The first-order chi connectivity index (χ1) is 10.0. The molecule has 0 saturated heterocycles. The molecule has 0 saturated carbocycles. The van der Waals surface area contributed by atoms with Gasteiger partial charge in [-0.3, -0.25) is 4.79 Å². The van der Waals surface area contributed by atoms with Gasteiger partial charge in [0.1, 0.15) is 27.3 Å². The zero-order valence-electron chi connectivity index (χ0n) is 11.0. The zero-order chi connectivity index (χ0) is 15.4. The van der Waals surface area contributed by atoms with Crippen LogP contribution in [0.3, 0.4) is 0 Å². The molecule has 5 N–H and O–H groups in total. The van der Waals surface area contributed by atoms with Crippen LogP contribution in [0.4, 0.5) is 15.1 Å². The molecule has 21 heavy (non-hydrogen) atoms. The van der Waals surface area contributed by atoms with Crippen LogP contribution in [-0.4, -0.2) is 12.5 Å². The van der Waals surface area contributed by atoms with Gasteiger partial charge in [-0.2, -0.15) is 5.26 Å². The molecule has 0 fully saturated rings. The minimum Gasteiger partial charge on any atom is -0.396 e. The van der Waals surface area contributed by atoms with Crippen LogP contribution >= 0.6 is 11.3 Å². The summed E-state index contributed by atoms with van der Waals surface area (Å²) in [6.07, 6.45) is 0.446. The lowest BCUT2D eigenvalue weighted by atomic mass is 10.1. The fourth-order valence-electron chi connectivity index (χ4n) is 1.87. The third-order valence-electron chi connectivity index (χ3n) is 2.92. The molecule has 0 bridgehead atoms. The Morgan fingerprint density at radius 2 is 2.14 bits per heavy atom. The largest absolute Gasteiger partial charge is 0.396 e. The van der Waals surface area contributed by atoms with Crippen molar-refractivity contribution in [2.24, 2.45) is 5.73 Å². The summed E-state index contributed by atoms with van der Waals surface area (Å²) in [4.78, 5) is 11.4. The lowest BCUT2D eigenvalue weighted by Gasteiger charge is -2.05. The predicted octanol–water partition coefficient (Wildman–Crippen LogP) is 2.09. The van der Waals surface area contributed by atoms with Gasteiger partial charge in [0.25, 0.3) is 5.91 Å². The van der Waals surface area contributed by atoms with E-state index >= 15 is 0 Å². The Labute approximate surface area is 125 Å². The first-order valence-corrected chi connectivity index (χ1v) is 6.95. The Balaban J connectivity index is 2.11. The second-order valence-electron chi connectivity index (χ2n) is 4.29. The molecule has 2 rings (SSSR count). The van der Waals surface area contributed by atoms with Crippen molar-refractivity contribution in [1.29, 1.82) is 5.26 Å². The van der Waals surface area contributed by atoms with E-state index < -0.39 is 5.91 Å². The molecule has 108 valence electrons. The molecule has 0 radical (unpaired) electrons. The average Bonchev–Trinajstić information content (AvgIpc) is 2.77. The number of carbonyl (C=O) groups is 1. The fourth-order valence-corrected chi connectivity index (χ4v) is 2.82. The van der Waals surface area contributed by atoms with Gasteiger partial charge in [0, 0.05) is 6.54 Å². The topological polar surface area (TPSA) is 105 Å². The normalized spacial score (nSPS) is 10.1. The maximum absolute atomic E-state index is 13.5. The van der Waals surface area contributed by atoms with Gasteiger partial charge in [-0.1, -0.05) is 18.2 Å². The summed E-state index contributed by atoms with van der Waals surface area (Å²) in [7, 11) is 0. The van der Waals surface area contributed by atoms with Crippen LogP contribution in [-0.2, 0) is 6.42 Å². The lowest BCUT2D eigenvalue weighted by molar-refractivity contribution is 0.100. The van der Waals surface area contributed by atoms with Crippen molar-refractivity contribution in [3.05, 3.63) is 46.1 Å². The van der Waals surface area contributed by atoms with Crippen LogP contribution in [0.15, 0.2) is 24.3 Å². The number of benzene rings is 1. The number of hydrogen-bond donors (Lipinski definition) is 3. The Morgan fingerprint density at radius 3 is 2.76 bits per heavy atom. The first kappa shape index (κ1) is 14.8. The van der Waals surface area contributed by atoms with Gasteiger partial charge < -0.3 is 16.8 Å². The molecule has 7 heteroatoms. The van der Waals surface area contributed by atoms with E-state index in [1.807, 2.05) is 6.07 Å².